The Kier molecular flexibility index (Phi) is 8.12. The van der Waals surface area contributed by atoms with Crippen molar-refractivity contribution in [1.29, 1.82) is 0 Å². The fraction of sp³-hybridized carbons (Fsp3) is 0.438. The molecule has 2 heterocycles. The molecule has 2 rings (SSSR count). The summed E-state index contributed by atoms with van der Waals surface area (Å²) < 4.78 is 11.3. The van der Waals surface area contributed by atoms with E-state index in [1.165, 1.54) is 7.11 Å². The smallest absolute Gasteiger partial charge is 0.347 e. The zero-order valence-electron chi connectivity index (χ0n) is 15.4. The number of nitrogens with two attached hydrogens (primary N) is 1. The quantitative estimate of drug-likeness (QED) is 0.333. The van der Waals surface area contributed by atoms with Crippen LogP contribution in [0.25, 0.3) is 11.2 Å². The monoisotopic (exact) mass is 413 g/mol. The van der Waals surface area contributed by atoms with Gasteiger partial charge in [-0.15, -0.1) is 6.42 Å². The third-order valence-electron chi connectivity index (χ3n) is 3.55. The SMILES string of the molecule is C#CCn1cnc2c(N)nc(Cl)nc21.COC(C)COC(C)(C(=O)O)C(=O)O. The predicted octanol–water partition coefficient (Wildman–Crippen LogP) is 0.661. The first-order valence-corrected chi connectivity index (χ1v) is 8.15. The Morgan fingerprint density at radius 3 is 2.54 bits per heavy atom. The molecule has 152 valence electrons. The second-order valence-electron chi connectivity index (χ2n) is 5.63. The first-order chi connectivity index (χ1) is 13.1. The number of methoxy groups -OCH3 is 1. The van der Waals surface area contributed by atoms with Crippen molar-refractivity contribution < 1.29 is 29.3 Å². The number of halogens is 1. The maximum atomic E-state index is 10.6. The van der Waals surface area contributed by atoms with Gasteiger partial charge in [0.25, 0.3) is 5.60 Å². The Morgan fingerprint density at radius 1 is 1.43 bits per heavy atom. The van der Waals surface area contributed by atoms with Crippen LogP contribution in [0.5, 0.6) is 0 Å². The second-order valence-corrected chi connectivity index (χ2v) is 5.97. The van der Waals surface area contributed by atoms with Gasteiger partial charge in [0.2, 0.25) is 5.28 Å². The number of carboxylic acids is 2. The maximum absolute atomic E-state index is 10.6. The summed E-state index contributed by atoms with van der Waals surface area (Å²) in [4.78, 5) is 33.0. The first-order valence-electron chi connectivity index (χ1n) is 7.77. The number of carbonyl (C=O) groups is 2. The third kappa shape index (κ3) is 5.53. The van der Waals surface area contributed by atoms with Gasteiger partial charge in [-0.2, -0.15) is 9.97 Å². The molecule has 4 N–H and O–H groups in total. The zero-order chi connectivity index (χ0) is 21.5. The molecule has 1 atom stereocenters. The number of hydrogen-bond acceptors (Lipinski definition) is 8. The van der Waals surface area contributed by atoms with Crippen molar-refractivity contribution >= 4 is 40.5 Å². The average Bonchev–Trinajstić information content (AvgIpc) is 3.03. The molecule has 0 fully saturated rings. The number of nitrogen functional groups attached to an aromatic ring is 1. The molecule has 12 heteroatoms. The van der Waals surface area contributed by atoms with E-state index < -0.39 is 17.5 Å². The van der Waals surface area contributed by atoms with E-state index in [1.807, 2.05) is 0 Å². The maximum Gasteiger partial charge on any atom is 0.347 e. The highest BCUT2D eigenvalue weighted by Gasteiger charge is 2.43. The summed E-state index contributed by atoms with van der Waals surface area (Å²) in [6.07, 6.45) is 6.39. The van der Waals surface area contributed by atoms with Crippen molar-refractivity contribution in [2.24, 2.45) is 0 Å². The number of anilines is 1. The molecule has 0 bridgehead atoms. The van der Waals surface area contributed by atoms with Crippen LogP contribution in [0.15, 0.2) is 6.33 Å². The molecule has 0 saturated carbocycles. The van der Waals surface area contributed by atoms with Crippen molar-refractivity contribution in [2.45, 2.75) is 32.1 Å². The lowest BCUT2D eigenvalue weighted by Crippen LogP contribution is -2.47. The fourth-order valence-corrected chi connectivity index (χ4v) is 1.89. The molecular weight excluding hydrogens is 394 g/mol. The van der Waals surface area contributed by atoms with E-state index in [9.17, 15) is 9.59 Å². The van der Waals surface area contributed by atoms with Crippen molar-refractivity contribution in [3.8, 4) is 12.3 Å². The lowest BCUT2D eigenvalue weighted by molar-refractivity contribution is -0.184. The molecule has 0 aliphatic carbocycles. The minimum atomic E-state index is -2.22. The molecule has 0 amide bonds. The van der Waals surface area contributed by atoms with E-state index >= 15 is 0 Å². The van der Waals surface area contributed by atoms with Crippen LogP contribution in [0.4, 0.5) is 5.82 Å². The molecule has 1 unspecified atom stereocenters. The van der Waals surface area contributed by atoms with E-state index in [0.29, 0.717) is 17.7 Å². The van der Waals surface area contributed by atoms with Crippen molar-refractivity contribution in [1.82, 2.24) is 19.5 Å². The van der Waals surface area contributed by atoms with E-state index in [4.69, 9.17) is 43.4 Å². The Morgan fingerprint density at radius 2 is 2.04 bits per heavy atom. The summed E-state index contributed by atoms with van der Waals surface area (Å²) in [5, 5.41) is 17.4. The molecule has 28 heavy (non-hydrogen) atoms. The number of ether oxygens (including phenoxy) is 2. The van der Waals surface area contributed by atoms with E-state index in [0.717, 1.165) is 6.92 Å². The van der Waals surface area contributed by atoms with E-state index in [-0.39, 0.29) is 23.8 Å². The summed E-state index contributed by atoms with van der Waals surface area (Å²) in [6, 6.07) is 0. The number of carboxylic acid groups (broad SMARTS) is 2. The number of nitrogens with zero attached hydrogens (tertiary/aromatic N) is 4. The minimum Gasteiger partial charge on any atom is -0.479 e. The van der Waals surface area contributed by atoms with Crippen LogP contribution >= 0.6 is 11.6 Å². The Labute approximate surface area is 165 Å². The molecule has 0 aliphatic rings. The van der Waals surface area contributed by atoms with Gasteiger partial charge in [-0.3, -0.25) is 0 Å². The largest absolute Gasteiger partial charge is 0.479 e. The van der Waals surface area contributed by atoms with Gasteiger partial charge in [0.15, 0.2) is 11.5 Å². The molecular formula is C16H20ClN5O6. The normalized spacial score (nSPS) is 12.0. The van der Waals surface area contributed by atoms with E-state index in [1.54, 1.807) is 17.8 Å². The van der Waals surface area contributed by atoms with Crippen LogP contribution in [0.1, 0.15) is 13.8 Å². The second kappa shape index (κ2) is 9.84. The standard InChI is InChI=1S/C8H6ClN5.C8H14O6/c1-2-3-14-4-11-5-6(10)12-8(9)13-7(5)14;1-5(13-3)4-14-8(2,6(9)10)7(11)12/h1,4H,3H2,(H2,10,12,13);5H,4H2,1-3H3,(H,9,10)(H,11,12). The third-order valence-corrected chi connectivity index (χ3v) is 3.72. The molecule has 11 nitrogen and oxygen atoms in total. The van der Waals surface area contributed by atoms with Crippen LogP contribution in [-0.2, 0) is 25.6 Å². The van der Waals surface area contributed by atoms with Crippen LogP contribution in [-0.4, -0.2) is 67.1 Å². The Hall–Kier alpha value is -2.94. The van der Waals surface area contributed by atoms with Crippen molar-refractivity contribution in [3.63, 3.8) is 0 Å². The molecule has 2 aromatic heterocycles. The number of imidazole rings is 1. The molecule has 0 spiro atoms. The van der Waals surface area contributed by atoms with Gasteiger partial charge in [0, 0.05) is 7.11 Å². The number of rotatable bonds is 7. The van der Waals surface area contributed by atoms with Gasteiger partial charge in [0.05, 0.1) is 25.6 Å². The average molecular weight is 414 g/mol. The molecule has 2 aromatic rings. The van der Waals surface area contributed by atoms with Crippen LogP contribution in [0.2, 0.25) is 5.28 Å². The van der Waals surface area contributed by atoms with Crippen molar-refractivity contribution in [3.05, 3.63) is 11.6 Å². The first kappa shape index (κ1) is 23.1. The van der Waals surface area contributed by atoms with Gasteiger partial charge >= 0.3 is 11.9 Å². The Balaban J connectivity index is 0.000000280. The number of aromatic nitrogens is 4. The highest BCUT2D eigenvalue weighted by atomic mass is 35.5. The van der Waals surface area contributed by atoms with Gasteiger partial charge in [-0.05, 0) is 25.4 Å². The molecule has 0 saturated heterocycles. The van der Waals surface area contributed by atoms with Crippen LogP contribution < -0.4 is 5.73 Å². The van der Waals surface area contributed by atoms with Crippen LogP contribution in [0, 0.1) is 12.3 Å². The summed E-state index contributed by atoms with van der Waals surface area (Å²) in [5.41, 5.74) is 4.46. The summed E-state index contributed by atoms with van der Waals surface area (Å²) in [6.45, 7) is 2.92. The number of fused-ring (bicyclic) bond motifs is 1. The predicted molar refractivity (Wildman–Crippen MR) is 99.7 cm³/mol. The van der Waals surface area contributed by atoms with Crippen LogP contribution in [0.3, 0.4) is 0 Å². The summed E-state index contributed by atoms with van der Waals surface area (Å²) in [7, 11) is 1.42. The number of hydrogen-bond donors (Lipinski definition) is 3. The van der Waals surface area contributed by atoms with E-state index in [2.05, 4.69) is 20.9 Å². The van der Waals surface area contributed by atoms with Gasteiger partial charge in [-0.1, -0.05) is 5.92 Å². The van der Waals surface area contributed by atoms with Gasteiger partial charge in [0.1, 0.15) is 5.52 Å². The minimum absolute atomic E-state index is 0.0915. The highest BCUT2D eigenvalue weighted by molar-refractivity contribution is 6.28. The zero-order valence-corrected chi connectivity index (χ0v) is 16.2. The molecule has 0 radical (unpaired) electrons. The van der Waals surface area contributed by atoms with Gasteiger partial charge in [-0.25, -0.2) is 14.6 Å². The molecule has 0 aliphatic heterocycles. The lowest BCUT2D eigenvalue weighted by atomic mass is 10.1. The summed E-state index contributed by atoms with van der Waals surface area (Å²) in [5.74, 6) is -0.328. The lowest BCUT2D eigenvalue weighted by Gasteiger charge is -2.22. The fourth-order valence-electron chi connectivity index (χ4n) is 1.72. The summed E-state index contributed by atoms with van der Waals surface area (Å²) >= 11 is 5.66. The number of terminal acetylenes is 1. The Bertz CT molecular complexity index is 880. The number of aliphatic carboxylic acids is 2. The van der Waals surface area contributed by atoms with Crippen molar-refractivity contribution in [2.75, 3.05) is 19.5 Å². The highest BCUT2D eigenvalue weighted by Crippen LogP contribution is 2.17. The topological polar surface area (TPSA) is 163 Å². The molecule has 0 aromatic carbocycles. The van der Waals surface area contributed by atoms with Gasteiger partial charge < -0.3 is 30.0 Å².